The van der Waals surface area contributed by atoms with Gasteiger partial charge in [-0.1, -0.05) is 0 Å². The van der Waals surface area contributed by atoms with E-state index in [-0.39, 0.29) is 0 Å². The van der Waals surface area contributed by atoms with Crippen LogP contribution in [0.3, 0.4) is 0 Å². The van der Waals surface area contributed by atoms with E-state index < -0.39 is 0 Å². The molecule has 1 saturated heterocycles. The lowest BCUT2D eigenvalue weighted by Crippen LogP contribution is -2.78. The molecule has 0 aromatic carbocycles. The minimum atomic E-state index is 1.15. The largest absolute Gasteiger partial charge is 0.478 e. The van der Waals surface area contributed by atoms with Crippen molar-refractivity contribution >= 4 is 0 Å². The SMILES string of the molecule is [CH2-][NH2+]CCN1CCCC1. The Bertz CT molecular complexity index is 67.3. The van der Waals surface area contributed by atoms with Crippen LogP contribution >= 0.6 is 0 Å². The highest BCUT2D eigenvalue weighted by Gasteiger charge is 2.09. The minimum absolute atomic E-state index is 1.15. The van der Waals surface area contributed by atoms with Gasteiger partial charge < -0.3 is 5.32 Å². The van der Waals surface area contributed by atoms with Crippen LogP contribution in [-0.4, -0.2) is 31.1 Å². The Hall–Kier alpha value is -0.0800. The maximum absolute atomic E-state index is 3.69. The first kappa shape index (κ1) is 7.03. The van der Waals surface area contributed by atoms with Gasteiger partial charge in [-0.2, -0.15) is 7.05 Å². The zero-order chi connectivity index (χ0) is 6.53. The van der Waals surface area contributed by atoms with E-state index in [1.807, 2.05) is 5.32 Å². The van der Waals surface area contributed by atoms with Gasteiger partial charge in [-0.3, -0.25) is 4.90 Å². The van der Waals surface area contributed by atoms with E-state index in [0.717, 1.165) is 6.54 Å². The van der Waals surface area contributed by atoms with E-state index in [2.05, 4.69) is 11.9 Å². The molecule has 2 N–H and O–H groups in total. The first-order chi connectivity index (χ1) is 4.43. The third-order valence-electron chi connectivity index (χ3n) is 1.85. The number of nitrogens with two attached hydrogens (primary N) is 1. The van der Waals surface area contributed by atoms with Crippen molar-refractivity contribution in [2.75, 3.05) is 26.2 Å². The standard InChI is InChI=1S/C7H16N2/c1-8-4-7-9-5-2-3-6-9/h1-8H2. The topological polar surface area (TPSA) is 19.9 Å². The van der Waals surface area contributed by atoms with Gasteiger partial charge in [0, 0.05) is 6.54 Å². The second-order valence-corrected chi connectivity index (χ2v) is 2.63. The van der Waals surface area contributed by atoms with Crippen molar-refractivity contribution in [1.82, 2.24) is 4.90 Å². The van der Waals surface area contributed by atoms with E-state index in [1.54, 1.807) is 0 Å². The molecule has 0 radical (unpaired) electrons. The fraction of sp³-hybridized carbons (Fsp3) is 0.857. The Kier molecular flexibility index (Phi) is 3.01. The van der Waals surface area contributed by atoms with Gasteiger partial charge in [0.2, 0.25) is 0 Å². The van der Waals surface area contributed by atoms with Crippen molar-refractivity contribution in [2.24, 2.45) is 0 Å². The van der Waals surface area contributed by atoms with E-state index in [0.29, 0.717) is 0 Å². The van der Waals surface area contributed by atoms with E-state index in [1.165, 1.54) is 32.5 Å². The molecule has 0 bridgehead atoms. The van der Waals surface area contributed by atoms with Crippen LogP contribution in [0.1, 0.15) is 12.8 Å². The monoisotopic (exact) mass is 128 g/mol. The molecule has 1 fully saturated rings. The first-order valence-electron chi connectivity index (χ1n) is 3.77. The van der Waals surface area contributed by atoms with Crippen LogP contribution in [0.25, 0.3) is 0 Å². The van der Waals surface area contributed by atoms with Crippen LogP contribution in [0.5, 0.6) is 0 Å². The van der Waals surface area contributed by atoms with Gasteiger partial charge in [-0.05, 0) is 25.9 Å². The summed E-state index contributed by atoms with van der Waals surface area (Å²) >= 11 is 0. The molecule has 1 aliphatic heterocycles. The van der Waals surface area contributed by atoms with Gasteiger partial charge >= 0.3 is 0 Å². The quantitative estimate of drug-likeness (QED) is 0.505. The molecule has 1 aliphatic rings. The van der Waals surface area contributed by atoms with Gasteiger partial charge in [0.1, 0.15) is 0 Å². The number of rotatable bonds is 3. The molecule has 0 spiro atoms. The van der Waals surface area contributed by atoms with Crippen molar-refractivity contribution in [3.05, 3.63) is 7.05 Å². The van der Waals surface area contributed by atoms with Crippen molar-refractivity contribution in [1.29, 1.82) is 0 Å². The zero-order valence-corrected chi connectivity index (χ0v) is 5.97. The third kappa shape index (κ3) is 2.33. The lowest BCUT2D eigenvalue weighted by Gasteiger charge is -2.12. The van der Waals surface area contributed by atoms with Gasteiger partial charge in [-0.25, -0.2) is 0 Å². The first-order valence-corrected chi connectivity index (χ1v) is 3.77. The molecular weight excluding hydrogens is 112 g/mol. The number of hydrogen-bond acceptors (Lipinski definition) is 1. The Balaban J connectivity index is 1.98. The van der Waals surface area contributed by atoms with E-state index in [9.17, 15) is 0 Å². The molecule has 0 unspecified atom stereocenters. The molecule has 0 amide bonds. The molecule has 0 aromatic heterocycles. The molecule has 0 atom stereocenters. The average Bonchev–Trinajstić information content (AvgIpc) is 2.34. The molecule has 2 nitrogen and oxygen atoms in total. The Morgan fingerprint density at radius 2 is 2.00 bits per heavy atom. The van der Waals surface area contributed by atoms with Gasteiger partial charge in [0.15, 0.2) is 0 Å². The summed E-state index contributed by atoms with van der Waals surface area (Å²) in [6.07, 6.45) is 2.80. The van der Waals surface area contributed by atoms with Crippen molar-refractivity contribution < 1.29 is 5.32 Å². The smallest absolute Gasteiger partial charge is 0.0645 e. The summed E-state index contributed by atoms with van der Waals surface area (Å²) in [6.45, 7) is 5.01. The van der Waals surface area contributed by atoms with Crippen molar-refractivity contribution in [3.8, 4) is 0 Å². The van der Waals surface area contributed by atoms with Gasteiger partial charge in [-0.15, -0.1) is 0 Å². The molecule has 1 heterocycles. The second kappa shape index (κ2) is 3.85. The molecular formula is C7H16N2. The number of nitrogens with zero attached hydrogens (tertiary/aromatic N) is 1. The molecule has 0 aliphatic carbocycles. The van der Waals surface area contributed by atoms with Gasteiger partial charge in [0.25, 0.3) is 0 Å². The maximum atomic E-state index is 3.69. The highest BCUT2D eigenvalue weighted by Crippen LogP contribution is 2.04. The summed E-state index contributed by atoms with van der Waals surface area (Å²) in [5.41, 5.74) is 0. The van der Waals surface area contributed by atoms with Crippen LogP contribution in [-0.2, 0) is 0 Å². The fourth-order valence-electron chi connectivity index (χ4n) is 1.28. The molecule has 2 heteroatoms. The second-order valence-electron chi connectivity index (χ2n) is 2.63. The van der Waals surface area contributed by atoms with Crippen molar-refractivity contribution in [2.45, 2.75) is 12.8 Å². The van der Waals surface area contributed by atoms with Crippen molar-refractivity contribution in [3.63, 3.8) is 0 Å². The summed E-state index contributed by atoms with van der Waals surface area (Å²) in [7, 11) is 3.69. The highest BCUT2D eigenvalue weighted by atomic mass is 15.1. The van der Waals surface area contributed by atoms with E-state index in [4.69, 9.17) is 0 Å². The normalized spacial score (nSPS) is 21.0. The van der Waals surface area contributed by atoms with Crippen LogP contribution in [0.4, 0.5) is 0 Å². The van der Waals surface area contributed by atoms with Crippen LogP contribution in [0.15, 0.2) is 0 Å². The fourth-order valence-corrected chi connectivity index (χ4v) is 1.28. The average molecular weight is 128 g/mol. The number of likely N-dealkylation sites (tertiary alicyclic amines) is 1. The summed E-state index contributed by atoms with van der Waals surface area (Å²) in [6, 6.07) is 0. The highest BCUT2D eigenvalue weighted by molar-refractivity contribution is 4.64. The molecule has 54 valence electrons. The summed E-state index contributed by atoms with van der Waals surface area (Å²) < 4.78 is 0. The maximum Gasteiger partial charge on any atom is 0.0645 e. The van der Waals surface area contributed by atoms with Crippen LogP contribution < -0.4 is 5.32 Å². The minimum Gasteiger partial charge on any atom is -0.478 e. The molecule has 0 aromatic rings. The number of quaternary nitrogens is 1. The van der Waals surface area contributed by atoms with E-state index >= 15 is 0 Å². The number of hydrogen-bond donors (Lipinski definition) is 1. The summed E-state index contributed by atoms with van der Waals surface area (Å²) in [5.74, 6) is 0. The Morgan fingerprint density at radius 1 is 1.33 bits per heavy atom. The van der Waals surface area contributed by atoms with Crippen LogP contribution in [0, 0.1) is 7.05 Å². The van der Waals surface area contributed by atoms with Gasteiger partial charge in [0.05, 0.1) is 6.54 Å². The Morgan fingerprint density at radius 3 is 2.56 bits per heavy atom. The molecule has 0 saturated carbocycles. The van der Waals surface area contributed by atoms with Crippen LogP contribution in [0.2, 0.25) is 0 Å². The predicted molar refractivity (Wildman–Crippen MR) is 37.8 cm³/mol. The molecule has 1 rings (SSSR count). The third-order valence-corrected chi connectivity index (χ3v) is 1.85. The Labute approximate surface area is 57.2 Å². The summed E-state index contributed by atoms with van der Waals surface area (Å²) in [4.78, 5) is 2.50. The lowest BCUT2D eigenvalue weighted by atomic mass is 10.4. The zero-order valence-electron chi connectivity index (χ0n) is 5.97. The molecule has 9 heavy (non-hydrogen) atoms. The summed E-state index contributed by atoms with van der Waals surface area (Å²) in [5, 5.41) is 2.00. The predicted octanol–water partition coefficient (Wildman–Crippen LogP) is -0.563. The lowest BCUT2D eigenvalue weighted by molar-refractivity contribution is -0.595.